The Hall–Kier alpha value is -3.23. The number of rotatable bonds is 9. The maximum Gasteiger partial charge on any atom is 0.257 e. The summed E-state index contributed by atoms with van der Waals surface area (Å²) in [5.74, 6) is 0.603. The first kappa shape index (κ1) is 18.6. The lowest BCUT2D eigenvalue weighted by molar-refractivity contribution is 0.0705. The number of aromatic amines is 1. The number of nitrogens with zero attached hydrogens (tertiary/aromatic N) is 1. The van der Waals surface area contributed by atoms with E-state index in [0.717, 1.165) is 6.29 Å². The maximum absolute atomic E-state index is 12.3. The summed E-state index contributed by atoms with van der Waals surface area (Å²) in [5, 5.41) is 11.3. The summed E-state index contributed by atoms with van der Waals surface area (Å²) in [4.78, 5) is 30.4. The molecule has 2 aromatic carbocycles. The Kier molecular flexibility index (Phi) is 6.14. The summed E-state index contributed by atoms with van der Waals surface area (Å²) in [6, 6.07) is 11.7. The van der Waals surface area contributed by atoms with E-state index in [1.807, 2.05) is 0 Å². The highest BCUT2D eigenvalue weighted by atomic mass is 16.5. The molecule has 140 valence electrons. The van der Waals surface area contributed by atoms with E-state index in [-0.39, 0.29) is 19.1 Å². The number of H-pyrrole nitrogens is 1. The average molecular weight is 369 g/mol. The molecule has 0 aliphatic carbocycles. The molecule has 0 atom stereocenters. The van der Waals surface area contributed by atoms with Crippen LogP contribution in [-0.4, -0.2) is 53.7 Å². The van der Waals surface area contributed by atoms with Gasteiger partial charge in [-0.1, -0.05) is 0 Å². The van der Waals surface area contributed by atoms with Crippen molar-refractivity contribution in [1.82, 2.24) is 9.97 Å². The molecule has 0 unspecified atom stereocenters. The fourth-order valence-corrected chi connectivity index (χ4v) is 2.43. The number of ether oxygens (including phenoxy) is 2. The Morgan fingerprint density at radius 2 is 1.96 bits per heavy atom. The Bertz CT molecular complexity index is 921. The van der Waals surface area contributed by atoms with E-state index in [4.69, 9.17) is 14.6 Å². The number of amides is 1. The van der Waals surface area contributed by atoms with Crippen LogP contribution in [0.4, 0.5) is 5.95 Å². The molecule has 3 N–H and O–H groups in total. The minimum atomic E-state index is -0.317. The molecule has 3 rings (SSSR count). The van der Waals surface area contributed by atoms with E-state index in [1.54, 1.807) is 42.5 Å². The summed E-state index contributed by atoms with van der Waals surface area (Å²) in [6.45, 7) is 0.988. The number of anilines is 1. The van der Waals surface area contributed by atoms with Crippen molar-refractivity contribution in [3.8, 4) is 5.75 Å². The third-order valence-corrected chi connectivity index (χ3v) is 3.72. The highest BCUT2D eigenvalue weighted by Gasteiger charge is 2.10. The van der Waals surface area contributed by atoms with Gasteiger partial charge in [-0.3, -0.25) is 14.9 Å². The molecule has 1 heterocycles. The predicted molar refractivity (Wildman–Crippen MR) is 99.3 cm³/mol. The van der Waals surface area contributed by atoms with Crippen molar-refractivity contribution in [1.29, 1.82) is 0 Å². The molecule has 0 saturated carbocycles. The van der Waals surface area contributed by atoms with Crippen LogP contribution in [0.1, 0.15) is 20.7 Å². The summed E-state index contributed by atoms with van der Waals surface area (Å²) >= 11 is 0. The third kappa shape index (κ3) is 4.90. The van der Waals surface area contributed by atoms with Crippen molar-refractivity contribution in [3.63, 3.8) is 0 Å². The van der Waals surface area contributed by atoms with Crippen LogP contribution in [0.25, 0.3) is 11.0 Å². The molecule has 27 heavy (non-hydrogen) atoms. The van der Waals surface area contributed by atoms with Gasteiger partial charge in [-0.2, -0.15) is 0 Å². The largest absolute Gasteiger partial charge is 0.491 e. The van der Waals surface area contributed by atoms with E-state index in [0.29, 0.717) is 47.1 Å². The molecule has 0 spiro atoms. The van der Waals surface area contributed by atoms with Crippen LogP contribution >= 0.6 is 0 Å². The smallest absolute Gasteiger partial charge is 0.257 e. The number of nitrogens with one attached hydrogen (secondary N) is 2. The number of carbonyl (C=O) groups is 2. The standard InChI is InChI=1S/C19H19N3O5/c23-7-8-26-9-10-27-15-4-2-14(3-5-15)18(25)22-19-20-16-6-1-13(12-24)11-17(16)21-19/h1-6,11-12,23H,7-10H2,(H2,20,21,22,25). The lowest BCUT2D eigenvalue weighted by Crippen LogP contribution is -2.13. The highest BCUT2D eigenvalue weighted by molar-refractivity contribution is 6.04. The molecule has 0 bridgehead atoms. The molecule has 8 nitrogen and oxygen atoms in total. The number of carbonyl (C=O) groups excluding carboxylic acids is 2. The summed E-state index contributed by atoms with van der Waals surface area (Å²) in [5.41, 5.74) is 2.31. The number of aliphatic hydroxyl groups is 1. The van der Waals surface area contributed by atoms with Gasteiger partial charge >= 0.3 is 0 Å². The van der Waals surface area contributed by atoms with Crippen LogP contribution < -0.4 is 10.1 Å². The van der Waals surface area contributed by atoms with Crippen molar-refractivity contribution in [2.75, 3.05) is 31.7 Å². The molecular formula is C19H19N3O5. The van der Waals surface area contributed by atoms with E-state index in [9.17, 15) is 9.59 Å². The quantitative estimate of drug-likeness (QED) is 0.393. The molecule has 0 aliphatic heterocycles. The molecule has 3 aromatic rings. The van der Waals surface area contributed by atoms with E-state index >= 15 is 0 Å². The number of hydrogen-bond donors (Lipinski definition) is 3. The first-order valence-corrected chi connectivity index (χ1v) is 8.37. The van der Waals surface area contributed by atoms with Crippen LogP contribution in [0, 0.1) is 0 Å². The summed E-state index contributed by atoms with van der Waals surface area (Å²) < 4.78 is 10.6. The molecule has 0 aliphatic rings. The second-order valence-electron chi connectivity index (χ2n) is 5.64. The van der Waals surface area contributed by atoms with Crippen molar-refractivity contribution in [2.45, 2.75) is 0 Å². The molecule has 0 radical (unpaired) electrons. The lowest BCUT2D eigenvalue weighted by atomic mass is 10.2. The van der Waals surface area contributed by atoms with Crippen molar-refractivity contribution in [2.24, 2.45) is 0 Å². The molecule has 1 aromatic heterocycles. The fourth-order valence-electron chi connectivity index (χ4n) is 2.43. The van der Waals surface area contributed by atoms with Crippen LogP contribution in [-0.2, 0) is 4.74 Å². The molecule has 1 amide bonds. The van der Waals surface area contributed by atoms with Gasteiger partial charge in [0.05, 0.1) is 30.9 Å². The van der Waals surface area contributed by atoms with Gasteiger partial charge in [0.25, 0.3) is 5.91 Å². The normalized spacial score (nSPS) is 10.7. The fraction of sp³-hybridized carbons (Fsp3) is 0.211. The predicted octanol–water partition coefficient (Wildman–Crippen LogP) is 2.02. The van der Waals surface area contributed by atoms with E-state index < -0.39 is 0 Å². The van der Waals surface area contributed by atoms with Gasteiger partial charge in [0.1, 0.15) is 18.6 Å². The Labute approximate surface area is 155 Å². The Balaban J connectivity index is 1.58. The first-order valence-electron chi connectivity index (χ1n) is 8.37. The molecule has 0 saturated heterocycles. The SMILES string of the molecule is O=Cc1ccc2nc(NC(=O)c3ccc(OCCOCCO)cc3)[nH]c2c1. The third-order valence-electron chi connectivity index (χ3n) is 3.72. The zero-order valence-corrected chi connectivity index (χ0v) is 14.5. The zero-order valence-electron chi connectivity index (χ0n) is 14.5. The zero-order chi connectivity index (χ0) is 19.1. The number of imidazole rings is 1. The number of aliphatic hydroxyl groups excluding tert-OH is 1. The summed E-state index contributed by atoms with van der Waals surface area (Å²) in [6.07, 6.45) is 0.751. The minimum absolute atomic E-state index is 0.0205. The Morgan fingerprint density at radius 1 is 1.15 bits per heavy atom. The van der Waals surface area contributed by atoms with E-state index in [1.165, 1.54) is 0 Å². The second-order valence-corrected chi connectivity index (χ2v) is 5.64. The first-order chi connectivity index (χ1) is 13.2. The van der Waals surface area contributed by atoms with Crippen LogP contribution in [0.3, 0.4) is 0 Å². The minimum Gasteiger partial charge on any atom is -0.491 e. The monoisotopic (exact) mass is 369 g/mol. The van der Waals surface area contributed by atoms with Gasteiger partial charge < -0.3 is 19.6 Å². The molecule has 0 fully saturated rings. The van der Waals surface area contributed by atoms with Gasteiger partial charge in [0.2, 0.25) is 5.95 Å². The van der Waals surface area contributed by atoms with E-state index in [2.05, 4.69) is 15.3 Å². The average Bonchev–Trinajstić information content (AvgIpc) is 3.09. The van der Waals surface area contributed by atoms with Gasteiger partial charge in [-0.15, -0.1) is 0 Å². The van der Waals surface area contributed by atoms with Crippen LogP contribution in [0.15, 0.2) is 42.5 Å². The lowest BCUT2D eigenvalue weighted by Gasteiger charge is -2.07. The van der Waals surface area contributed by atoms with Gasteiger partial charge in [-0.05, 0) is 42.5 Å². The summed E-state index contributed by atoms with van der Waals surface area (Å²) in [7, 11) is 0. The van der Waals surface area contributed by atoms with Gasteiger partial charge in [0, 0.05) is 11.1 Å². The highest BCUT2D eigenvalue weighted by Crippen LogP contribution is 2.17. The maximum atomic E-state index is 12.3. The van der Waals surface area contributed by atoms with Gasteiger partial charge in [0.15, 0.2) is 0 Å². The van der Waals surface area contributed by atoms with Gasteiger partial charge in [-0.25, -0.2) is 4.98 Å². The number of aldehydes is 1. The van der Waals surface area contributed by atoms with Crippen molar-refractivity contribution >= 4 is 29.2 Å². The number of aromatic nitrogens is 2. The van der Waals surface area contributed by atoms with Crippen LogP contribution in [0.2, 0.25) is 0 Å². The number of hydrogen-bond acceptors (Lipinski definition) is 6. The van der Waals surface area contributed by atoms with Crippen molar-refractivity contribution < 1.29 is 24.2 Å². The van der Waals surface area contributed by atoms with Crippen molar-refractivity contribution in [3.05, 3.63) is 53.6 Å². The molecular weight excluding hydrogens is 350 g/mol. The molecule has 8 heteroatoms. The van der Waals surface area contributed by atoms with Crippen LogP contribution in [0.5, 0.6) is 5.75 Å². The number of fused-ring (bicyclic) bond motifs is 1. The second kappa shape index (κ2) is 8.93. The Morgan fingerprint density at radius 3 is 2.70 bits per heavy atom. The topological polar surface area (TPSA) is 114 Å². The number of benzene rings is 2.